The zero-order valence-corrected chi connectivity index (χ0v) is 26.1. The molecule has 0 radical (unpaired) electrons. The molecule has 0 atom stereocenters. The topological polar surface area (TPSA) is 142 Å². The van der Waals surface area contributed by atoms with Crippen LogP contribution in [0.3, 0.4) is 0 Å². The van der Waals surface area contributed by atoms with Crippen molar-refractivity contribution >= 4 is 51.9 Å². The molecule has 2 amide bonds. The minimum Gasteiger partial charge on any atom is -0.462 e. The highest BCUT2D eigenvalue weighted by Crippen LogP contribution is 2.35. The summed E-state index contributed by atoms with van der Waals surface area (Å²) in [6.07, 6.45) is 0. The number of aryl methyl sites for hydroxylation is 1. The predicted octanol–water partition coefficient (Wildman–Crippen LogP) is 5.10. The van der Waals surface area contributed by atoms with Crippen molar-refractivity contribution in [3.63, 3.8) is 0 Å². The number of thioether (sulfide) groups is 1. The first-order chi connectivity index (χ1) is 21.1. The van der Waals surface area contributed by atoms with Crippen LogP contribution in [-0.2, 0) is 20.8 Å². The molecule has 2 aromatic heterocycles. The molecule has 14 heteroatoms. The first-order valence-electron chi connectivity index (χ1n) is 13.6. The summed E-state index contributed by atoms with van der Waals surface area (Å²) in [5, 5.41) is 14.4. The number of hydrogen-bond donors (Lipinski definition) is 2. The molecule has 4 rings (SSSR count). The van der Waals surface area contributed by atoms with Crippen LogP contribution in [0.25, 0.3) is 5.69 Å². The number of hydrogen-bond acceptors (Lipinski definition) is 10. The lowest BCUT2D eigenvalue weighted by atomic mass is 10.1. The Morgan fingerprint density at radius 2 is 1.70 bits per heavy atom. The Morgan fingerprint density at radius 1 is 0.977 bits per heavy atom. The number of carbonyl (C=O) groups is 4. The lowest BCUT2D eigenvalue weighted by molar-refractivity contribution is -0.113. The highest BCUT2D eigenvalue weighted by atomic mass is 32.2. The van der Waals surface area contributed by atoms with Crippen LogP contribution in [0.15, 0.2) is 53.7 Å². The Bertz CT molecular complexity index is 1700. The second kappa shape index (κ2) is 14.8. The van der Waals surface area contributed by atoms with E-state index in [2.05, 4.69) is 20.8 Å². The zero-order valence-electron chi connectivity index (χ0n) is 24.4. The Labute approximate surface area is 261 Å². The third-order valence-corrected chi connectivity index (χ3v) is 8.27. The number of esters is 2. The monoisotopic (exact) mass is 639 g/mol. The maximum Gasteiger partial charge on any atom is 0.348 e. The molecule has 2 aromatic carbocycles. The summed E-state index contributed by atoms with van der Waals surface area (Å²) < 4.78 is 26.1. The van der Waals surface area contributed by atoms with Crippen molar-refractivity contribution < 1.29 is 33.0 Å². The fourth-order valence-corrected chi connectivity index (χ4v) is 6.05. The van der Waals surface area contributed by atoms with Gasteiger partial charge in [-0.25, -0.2) is 14.0 Å². The van der Waals surface area contributed by atoms with Crippen LogP contribution in [0.4, 0.5) is 9.39 Å². The normalized spacial score (nSPS) is 10.8. The number of benzene rings is 2. The molecule has 44 heavy (non-hydrogen) atoms. The molecule has 0 unspecified atom stereocenters. The molecule has 0 saturated heterocycles. The third kappa shape index (κ3) is 7.50. The quantitative estimate of drug-likeness (QED) is 0.160. The van der Waals surface area contributed by atoms with Crippen LogP contribution in [0, 0.1) is 19.7 Å². The van der Waals surface area contributed by atoms with Gasteiger partial charge in [0.05, 0.1) is 36.6 Å². The summed E-state index contributed by atoms with van der Waals surface area (Å²) in [6, 6.07) is 13.1. The smallest absolute Gasteiger partial charge is 0.348 e. The number of nitrogens with one attached hydrogen (secondary N) is 2. The molecule has 2 N–H and O–H groups in total. The van der Waals surface area contributed by atoms with E-state index in [0.717, 1.165) is 28.7 Å². The lowest BCUT2D eigenvalue weighted by Crippen LogP contribution is -2.25. The van der Waals surface area contributed by atoms with Gasteiger partial charge >= 0.3 is 11.9 Å². The van der Waals surface area contributed by atoms with Gasteiger partial charge in [-0.15, -0.1) is 21.5 Å². The number of ether oxygens (including phenoxy) is 2. The lowest BCUT2D eigenvalue weighted by Gasteiger charge is -2.12. The van der Waals surface area contributed by atoms with Gasteiger partial charge in [0, 0.05) is 5.69 Å². The van der Waals surface area contributed by atoms with Crippen molar-refractivity contribution in [2.75, 3.05) is 24.3 Å². The number of anilines is 1. The number of thiophene rings is 1. The van der Waals surface area contributed by atoms with Crippen molar-refractivity contribution in [3.8, 4) is 5.69 Å². The van der Waals surface area contributed by atoms with E-state index in [-0.39, 0.29) is 46.5 Å². The van der Waals surface area contributed by atoms with E-state index in [9.17, 15) is 23.6 Å². The van der Waals surface area contributed by atoms with Crippen LogP contribution in [0.5, 0.6) is 0 Å². The second-order valence-corrected chi connectivity index (χ2v) is 11.2. The van der Waals surface area contributed by atoms with Gasteiger partial charge in [0.15, 0.2) is 11.0 Å². The maximum atomic E-state index is 14.1. The first kappa shape index (κ1) is 32.4. The molecular weight excluding hydrogens is 609 g/mol. The second-order valence-electron chi connectivity index (χ2n) is 9.27. The minimum atomic E-state index is -0.666. The van der Waals surface area contributed by atoms with Gasteiger partial charge in [0.2, 0.25) is 5.91 Å². The first-order valence-corrected chi connectivity index (χ1v) is 15.4. The van der Waals surface area contributed by atoms with E-state index < -0.39 is 29.6 Å². The van der Waals surface area contributed by atoms with Crippen molar-refractivity contribution in [3.05, 3.63) is 87.3 Å². The third-order valence-electron chi connectivity index (χ3n) is 6.16. The van der Waals surface area contributed by atoms with Crippen LogP contribution >= 0.6 is 23.1 Å². The van der Waals surface area contributed by atoms with Crippen molar-refractivity contribution in [2.45, 2.75) is 39.4 Å². The van der Waals surface area contributed by atoms with Gasteiger partial charge in [0.25, 0.3) is 5.91 Å². The van der Waals surface area contributed by atoms with E-state index in [0.29, 0.717) is 22.2 Å². The Balaban J connectivity index is 1.55. The van der Waals surface area contributed by atoms with E-state index >= 15 is 0 Å². The number of halogens is 1. The van der Waals surface area contributed by atoms with Gasteiger partial charge in [0.1, 0.15) is 15.7 Å². The highest BCUT2D eigenvalue weighted by molar-refractivity contribution is 7.99. The Kier molecular flexibility index (Phi) is 10.8. The van der Waals surface area contributed by atoms with E-state index in [1.54, 1.807) is 31.4 Å². The van der Waals surface area contributed by atoms with Gasteiger partial charge in [-0.2, -0.15) is 0 Å². The summed E-state index contributed by atoms with van der Waals surface area (Å²) in [5.74, 6) is -2.75. The molecule has 0 aliphatic rings. The van der Waals surface area contributed by atoms with Crippen LogP contribution in [0.1, 0.15) is 61.2 Å². The van der Waals surface area contributed by atoms with E-state index in [1.165, 1.54) is 18.2 Å². The fraction of sp³-hybridized carbons (Fsp3) is 0.267. The molecule has 0 fully saturated rings. The number of rotatable bonds is 12. The van der Waals surface area contributed by atoms with Gasteiger partial charge in [-0.3, -0.25) is 14.2 Å². The molecule has 0 saturated carbocycles. The number of aromatic nitrogens is 3. The zero-order chi connectivity index (χ0) is 31.8. The van der Waals surface area contributed by atoms with Crippen molar-refractivity contribution in [2.24, 2.45) is 0 Å². The molecule has 0 bridgehead atoms. The number of nitrogens with zero attached hydrogens (tertiary/aromatic N) is 3. The Morgan fingerprint density at radius 3 is 2.41 bits per heavy atom. The van der Waals surface area contributed by atoms with E-state index in [4.69, 9.17) is 9.47 Å². The molecular formula is C30H30FN5O6S2. The largest absolute Gasteiger partial charge is 0.462 e. The maximum absolute atomic E-state index is 14.1. The summed E-state index contributed by atoms with van der Waals surface area (Å²) >= 11 is 2.02. The summed E-state index contributed by atoms with van der Waals surface area (Å²) in [4.78, 5) is 51.1. The minimum absolute atomic E-state index is 0.0606. The number of carbonyl (C=O) groups excluding carboxylic acids is 4. The van der Waals surface area contributed by atoms with Crippen LogP contribution in [-0.4, -0.2) is 57.5 Å². The predicted molar refractivity (Wildman–Crippen MR) is 164 cm³/mol. The van der Waals surface area contributed by atoms with Crippen molar-refractivity contribution in [1.82, 2.24) is 20.1 Å². The molecule has 0 aliphatic carbocycles. The van der Waals surface area contributed by atoms with Crippen LogP contribution in [0.2, 0.25) is 0 Å². The highest BCUT2D eigenvalue weighted by Gasteiger charge is 2.27. The summed E-state index contributed by atoms with van der Waals surface area (Å²) in [6.45, 7) is 7.05. The number of amides is 2. The van der Waals surface area contributed by atoms with Gasteiger partial charge < -0.3 is 20.1 Å². The standard InChI is InChI=1S/C30H30FN5O6S2/c1-5-41-28(39)24-18(4)25(29(40)42-6-2)44-27(24)33-23(37)16-43-30-35-34-22(36(30)19-11-9-10-17(3)14-19)15-32-26(38)20-12-7-8-13-21(20)31/h7-14H,5-6,15-16H2,1-4H3,(H,32,38)(H,33,37). The van der Waals surface area contributed by atoms with Gasteiger partial charge in [-0.1, -0.05) is 36.0 Å². The molecule has 2 heterocycles. The molecule has 4 aromatic rings. The summed E-state index contributed by atoms with van der Waals surface area (Å²) in [5.41, 5.74) is 2.01. The molecule has 0 spiro atoms. The SMILES string of the molecule is CCOC(=O)c1sc(NC(=O)CSc2nnc(CNC(=O)c3ccccc3F)n2-c2cccc(C)c2)c(C(=O)OCC)c1C. The van der Waals surface area contributed by atoms with E-state index in [1.807, 2.05) is 31.2 Å². The summed E-state index contributed by atoms with van der Waals surface area (Å²) in [7, 11) is 0. The average Bonchev–Trinajstić information content (AvgIpc) is 3.55. The average molecular weight is 640 g/mol. The molecule has 230 valence electrons. The van der Waals surface area contributed by atoms with Crippen molar-refractivity contribution in [1.29, 1.82) is 0 Å². The molecule has 0 aliphatic heterocycles. The molecule has 11 nitrogen and oxygen atoms in total. The Hall–Kier alpha value is -4.56. The van der Waals surface area contributed by atoms with Crippen LogP contribution < -0.4 is 10.6 Å². The fourth-order valence-electron chi connectivity index (χ4n) is 4.17. The van der Waals surface area contributed by atoms with Gasteiger partial charge in [-0.05, 0) is 63.1 Å².